The highest BCUT2D eigenvalue weighted by Crippen LogP contribution is 2.35. The monoisotopic (exact) mass is 420 g/mol. The first kappa shape index (κ1) is 20.9. The van der Waals surface area contributed by atoms with Crippen LogP contribution in [0, 0.1) is 12.7 Å². The number of hydrogen-bond donors (Lipinski definition) is 0. The predicted octanol–water partition coefficient (Wildman–Crippen LogP) is 4.91. The Labute approximate surface area is 152 Å². The average Bonchev–Trinajstić information content (AvgIpc) is 2.79. The zero-order valence-electron chi connectivity index (χ0n) is 13.0. The van der Waals surface area contributed by atoms with Gasteiger partial charge in [-0.3, -0.25) is 9.69 Å². The van der Waals surface area contributed by atoms with E-state index in [1.54, 1.807) is 0 Å². The molecular weight excluding hydrogens is 409 g/mol. The predicted molar refractivity (Wildman–Crippen MR) is 85.2 cm³/mol. The van der Waals surface area contributed by atoms with E-state index >= 15 is 0 Å². The van der Waals surface area contributed by atoms with Crippen molar-refractivity contribution in [3.8, 4) is 0 Å². The van der Waals surface area contributed by atoms with E-state index in [1.165, 1.54) is 6.92 Å². The molecule has 1 amide bonds. The minimum Gasteiger partial charge on any atom is -0.281 e. The van der Waals surface area contributed by atoms with Crippen LogP contribution in [0.25, 0.3) is 0 Å². The van der Waals surface area contributed by atoms with Crippen molar-refractivity contribution in [2.75, 3.05) is 18.1 Å². The highest BCUT2D eigenvalue weighted by atomic mass is 32.2. The van der Waals surface area contributed by atoms with Gasteiger partial charge in [-0.2, -0.15) is 26.3 Å². The van der Waals surface area contributed by atoms with Crippen LogP contribution in [0.1, 0.15) is 5.56 Å². The molecule has 1 aromatic rings. The summed E-state index contributed by atoms with van der Waals surface area (Å²) in [6.45, 7) is -0.107. The zero-order valence-corrected chi connectivity index (χ0v) is 14.7. The van der Waals surface area contributed by atoms with Crippen LogP contribution < -0.4 is 0 Å². The van der Waals surface area contributed by atoms with Crippen LogP contribution in [0.15, 0.2) is 22.0 Å². The SMILES string of the molecule is Cc1cc(F)c(SCC(F)(F)F)cc1N=C1SCC(=O)N1CC(F)(F)F. The second kappa shape index (κ2) is 7.67. The molecule has 0 atom stereocenters. The number of carbonyl (C=O) groups is 1. The van der Waals surface area contributed by atoms with Gasteiger partial charge in [0.25, 0.3) is 0 Å². The highest BCUT2D eigenvalue weighted by Gasteiger charge is 2.39. The second-order valence-corrected chi connectivity index (χ2v) is 7.21. The molecule has 1 aliphatic rings. The first-order valence-corrected chi connectivity index (χ1v) is 8.91. The number of benzene rings is 1. The Kier molecular flexibility index (Phi) is 6.16. The van der Waals surface area contributed by atoms with E-state index in [4.69, 9.17) is 0 Å². The van der Waals surface area contributed by atoms with E-state index in [2.05, 4.69) is 4.99 Å². The lowest BCUT2D eigenvalue weighted by Crippen LogP contribution is -2.38. The molecule has 144 valence electrons. The van der Waals surface area contributed by atoms with Crippen molar-refractivity contribution < 1.29 is 35.5 Å². The Hall–Kier alpha value is -1.43. The Bertz CT molecular complexity index is 731. The summed E-state index contributed by atoms with van der Waals surface area (Å²) in [5.41, 5.74) is 0.221. The van der Waals surface area contributed by atoms with Crippen LogP contribution in [0.5, 0.6) is 0 Å². The topological polar surface area (TPSA) is 32.7 Å². The van der Waals surface area contributed by atoms with E-state index < -0.39 is 36.4 Å². The molecule has 12 heteroatoms. The maximum atomic E-state index is 13.8. The van der Waals surface area contributed by atoms with Gasteiger partial charge in [0.15, 0.2) is 5.17 Å². The number of amides is 1. The number of carbonyl (C=O) groups excluding carboxylic acids is 1. The molecule has 1 aliphatic heterocycles. The van der Waals surface area contributed by atoms with Gasteiger partial charge in [0.1, 0.15) is 12.4 Å². The van der Waals surface area contributed by atoms with Gasteiger partial charge in [0, 0.05) is 4.90 Å². The van der Waals surface area contributed by atoms with Crippen molar-refractivity contribution in [2.45, 2.75) is 24.2 Å². The third kappa shape index (κ3) is 5.79. The molecule has 0 aromatic heterocycles. The van der Waals surface area contributed by atoms with Gasteiger partial charge in [-0.05, 0) is 24.6 Å². The number of alkyl halides is 6. The van der Waals surface area contributed by atoms with Crippen LogP contribution in [0.2, 0.25) is 0 Å². The van der Waals surface area contributed by atoms with Gasteiger partial charge in [-0.25, -0.2) is 9.38 Å². The number of halogens is 7. The van der Waals surface area contributed by atoms with E-state index in [-0.39, 0.29) is 38.8 Å². The summed E-state index contributed by atoms with van der Waals surface area (Å²) in [7, 11) is 0. The maximum Gasteiger partial charge on any atom is 0.406 e. The lowest BCUT2D eigenvalue weighted by atomic mass is 10.2. The van der Waals surface area contributed by atoms with Gasteiger partial charge in [-0.1, -0.05) is 11.8 Å². The van der Waals surface area contributed by atoms with Gasteiger partial charge in [-0.15, -0.1) is 11.8 Å². The molecule has 0 N–H and O–H groups in total. The van der Waals surface area contributed by atoms with E-state index in [0.717, 1.165) is 23.9 Å². The molecule has 0 bridgehead atoms. The summed E-state index contributed by atoms with van der Waals surface area (Å²) in [4.78, 5) is 15.7. The summed E-state index contributed by atoms with van der Waals surface area (Å²) >= 11 is 0.986. The first-order valence-electron chi connectivity index (χ1n) is 6.94. The van der Waals surface area contributed by atoms with Crippen molar-refractivity contribution in [2.24, 2.45) is 4.99 Å². The largest absolute Gasteiger partial charge is 0.406 e. The fourth-order valence-corrected chi connectivity index (χ4v) is 3.56. The van der Waals surface area contributed by atoms with Gasteiger partial charge in [0.05, 0.1) is 17.2 Å². The molecule has 0 aliphatic carbocycles. The Balaban J connectivity index is 2.32. The van der Waals surface area contributed by atoms with Crippen molar-refractivity contribution in [1.82, 2.24) is 4.90 Å². The lowest BCUT2D eigenvalue weighted by molar-refractivity contribution is -0.150. The molecule has 0 spiro atoms. The summed E-state index contributed by atoms with van der Waals surface area (Å²) in [6.07, 6.45) is -9.14. The van der Waals surface area contributed by atoms with Crippen molar-refractivity contribution in [3.63, 3.8) is 0 Å². The molecule has 26 heavy (non-hydrogen) atoms. The van der Waals surface area contributed by atoms with Crippen LogP contribution in [-0.2, 0) is 4.79 Å². The van der Waals surface area contributed by atoms with Gasteiger partial charge < -0.3 is 0 Å². The lowest BCUT2D eigenvalue weighted by Gasteiger charge is -2.18. The molecule has 0 radical (unpaired) electrons. The number of nitrogens with zero attached hydrogens (tertiary/aromatic N) is 2. The molecule has 1 heterocycles. The molecule has 1 saturated heterocycles. The number of hydrogen-bond acceptors (Lipinski definition) is 4. The number of aryl methyl sites for hydroxylation is 1. The Morgan fingerprint density at radius 3 is 2.42 bits per heavy atom. The maximum absolute atomic E-state index is 13.8. The molecule has 0 saturated carbocycles. The zero-order chi connectivity index (χ0) is 19.7. The number of aliphatic imine (C=N–C) groups is 1. The highest BCUT2D eigenvalue weighted by molar-refractivity contribution is 8.15. The van der Waals surface area contributed by atoms with Crippen molar-refractivity contribution >= 4 is 40.3 Å². The summed E-state index contributed by atoms with van der Waals surface area (Å²) < 4.78 is 88.5. The minimum absolute atomic E-state index is 0.000416. The molecule has 0 unspecified atom stereocenters. The van der Waals surface area contributed by atoms with Crippen LogP contribution in [0.4, 0.5) is 36.4 Å². The fourth-order valence-electron chi connectivity index (χ4n) is 1.95. The minimum atomic E-state index is -4.63. The Morgan fingerprint density at radius 1 is 1.19 bits per heavy atom. The normalized spacial score (nSPS) is 17.5. The summed E-state index contributed by atoms with van der Waals surface area (Å²) in [6, 6.07) is 1.98. The summed E-state index contributed by atoms with van der Waals surface area (Å²) in [5.74, 6) is -3.22. The molecule has 1 aromatic carbocycles. The number of thioether (sulfide) groups is 2. The third-order valence-corrected chi connectivity index (χ3v) is 5.11. The fraction of sp³-hybridized carbons (Fsp3) is 0.429. The molecular formula is C14H11F7N2OS2. The van der Waals surface area contributed by atoms with Crippen LogP contribution in [0.3, 0.4) is 0 Å². The van der Waals surface area contributed by atoms with E-state index in [9.17, 15) is 35.5 Å². The van der Waals surface area contributed by atoms with Gasteiger partial charge >= 0.3 is 12.4 Å². The quantitative estimate of drug-likeness (QED) is 0.512. The first-order chi connectivity index (χ1) is 11.9. The van der Waals surface area contributed by atoms with Gasteiger partial charge in [0.2, 0.25) is 5.91 Å². The standard InChI is InChI=1S/C14H11F7N2OS2/c1-7-2-8(15)10(26-6-14(19,20)21)3-9(7)22-12-23(5-13(16,17)18)11(24)4-25-12/h2-3H,4-6H2,1H3. The third-order valence-electron chi connectivity index (χ3n) is 3.05. The van der Waals surface area contributed by atoms with Crippen LogP contribution >= 0.6 is 23.5 Å². The number of rotatable bonds is 4. The van der Waals surface area contributed by atoms with Crippen LogP contribution in [-0.4, -0.2) is 46.4 Å². The molecule has 1 fully saturated rings. The smallest absolute Gasteiger partial charge is 0.281 e. The molecule has 3 nitrogen and oxygen atoms in total. The van der Waals surface area contributed by atoms with Crippen molar-refractivity contribution in [3.05, 3.63) is 23.5 Å². The summed E-state index contributed by atoms with van der Waals surface area (Å²) in [5, 5.41) is -0.228. The second-order valence-electron chi connectivity index (χ2n) is 5.25. The van der Waals surface area contributed by atoms with E-state index in [1.807, 2.05) is 0 Å². The molecule has 2 rings (SSSR count). The Morgan fingerprint density at radius 2 is 1.85 bits per heavy atom. The number of amidine groups is 1. The average molecular weight is 420 g/mol. The van der Waals surface area contributed by atoms with Crippen molar-refractivity contribution in [1.29, 1.82) is 0 Å². The van der Waals surface area contributed by atoms with E-state index in [0.29, 0.717) is 4.90 Å².